The van der Waals surface area contributed by atoms with Gasteiger partial charge in [-0.15, -0.1) is 0 Å². The number of furan rings is 1. The van der Waals surface area contributed by atoms with Crippen molar-refractivity contribution in [2.24, 2.45) is 28.1 Å². The van der Waals surface area contributed by atoms with Crippen LogP contribution in [0.4, 0.5) is 0 Å². The average molecular weight is 517 g/mol. The van der Waals surface area contributed by atoms with E-state index in [2.05, 4.69) is 34.6 Å². The Labute approximate surface area is 218 Å². The Balaban J connectivity index is 1.45. The van der Waals surface area contributed by atoms with Gasteiger partial charge in [-0.1, -0.05) is 20.8 Å². The third-order valence-corrected chi connectivity index (χ3v) is 11.2. The van der Waals surface area contributed by atoms with Crippen LogP contribution >= 0.6 is 0 Å². The summed E-state index contributed by atoms with van der Waals surface area (Å²) in [6, 6.07) is 1.84. The predicted octanol–water partition coefficient (Wildman–Crippen LogP) is 4.34. The summed E-state index contributed by atoms with van der Waals surface area (Å²) in [6.45, 7) is 14.3. The van der Waals surface area contributed by atoms with Crippen LogP contribution < -0.4 is 0 Å². The molecule has 2 aliphatic carbocycles. The first-order valence-electron chi connectivity index (χ1n) is 13.7. The first-order valence-corrected chi connectivity index (χ1v) is 13.7. The molecule has 1 aromatic heterocycles. The lowest BCUT2D eigenvalue weighted by Gasteiger charge is -2.66. The lowest BCUT2D eigenvalue weighted by molar-refractivity contribution is -0.246. The largest absolute Gasteiger partial charge is 0.472 e. The van der Waals surface area contributed by atoms with Gasteiger partial charge in [0.25, 0.3) is 0 Å². The molecule has 2 saturated carbocycles. The maximum absolute atomic E-state index is 13.2. The molecule has 3 aliphatic heterocycles. The van der Waals surface area contributed by atoms with E-state index in [1.807, 2.05) is 19.9 Å². The van der Waals surface area contributed by atoms with Crippen molar-refractivity contribution in [2.75, 3.05) is 0 Å². The molecule has 37 heavy (non-hydrogen) atoms. The van der Waals surface area contributed by atoms with Crippen molar-refractivity contribution in [1.29, 1.82) is 0 Å². The topological polar surface area (TPSA) is 108 Å². The van der Waals surface area contributed by atoms with Crippen molar-refractivity contribution in [3.63, 3.8) is 0 Å². The van der Waals surface area contributed by atoms with E-state index >= 15 is 0 Å². The second-order valence-electron chi connectivity index (χ2n) is 13.5. The number of rotatable bonds is 4. The number of hydrogen-bond acceptors (Lipinski definition) is 8. The highest BCUT2D eigenvalue weighted by Crippen LogP contribution is 2.80. The Hall–Kier alpha value is -1.90. The summed E-state index contributed by atoms with van der Waals surface area (Å²) in [7, 11) is 0. The number of ether oxygens (including phenoxy) is 4. The van der Waals surface area contributed by atoms with Crippen molar-refractivity contribution >= 4 is 11.9 Å². The predicted molar refractivity (Wildman–Crippen MR) is 131 cm³/mol. The third-order valence-electron chi connectivity index (χ3n) is 11.2. The summed E-state index contributed by atoms with van der Waals surface area (Å²) in [6.07, 6.45) is 2.89. The molecule has 4 heterocycles. The molecular formula is C29H40O8. The van der Waals surface area contributed by atoms with Crippen LogP contribution in [0.1, 0.15) is 85.8 Å². The number of aliphatic hydroxyl groups excluding tert-OH is 1. The number of epoxide rings is 1. The molecule has 0 bridgehead atoms. The summed E-state index contributed by atoms with van der Waals surface area (Å²) in [5.74, 6) is -0.666. The molecule has 1 aromatic rings. The van der Waals surface area contributed by atoms with E-state index in [0.717, 1.165) is 18.4 Å². The number of cyclic esters (lactones) is 1. The second-order valence-corrected chi connectivity index (χ2v) is 13.5. The molecule has 0 radical (unpaired) electrons. The van der Waals surface area contributed by atoms with Crippen LogP contribution in [0.2, 0.25) is 0 Å². The fraction of sp³-hybridized carbons (Fsp3) is 0.793. The standard InChI is InChI=1S/C29H40O8/c1-15(2)34-21(31)13-20-27(6)17-8-10-26(5)22(16-9-11-33-14-16)35-24(32)23-29(26,37-23)28(17,7)19(30)12-18(27)25(3,4)36-20/h9,11,14-15,17-20,22-23,30H,8,10,12-13H2,1-7H3/t17-,18+,19+,20-,22+,23-,26+,27-,28+,29-/m1/s1. The minimum atomic E-state index is -0.886. The van der Waals surface area contributed by atoms with Gasteiger partial charge in [0, 0.05) is 21.8 Å². The van der Waals surface area contributed by atoms with Crippen LogP contribution in [0, 0.1) is 28.1 Å². The molecule has 0 unspecified atom stereocenters. The minimum Gasteiger partial charge on any atom is -0.472 e. The van der Waals surface area contributed by atoms with E-state index in [4.69, 9.17) is 23.4 Å². The molecule has 5 fully saturated rings. The molecule has 0 aromatic carbocycles. The van der Waals surface area contributed by atoms with Gasteiger partial charge in [-0.2, -0.15) is 0 Å². The first-order chi connectivity index (χ1) is 17.2. The quantitative estimate of drug-likeness (QED) is 0.465. The fourth-order valence-electron chi connectivity index (χ4n) is 9.69. The molecule has 10 atom stereocenters. The van der Waals surface area contributed by atoms with E-state index in [1.54, 1.807) is 12.5 Å². The summed E-state index contributed by atoms with van der Waals surface area (Å²) in [5, 5.41) is 12.0. The van der Waals surface area contributed by atoms with Crippen molar-refractivity contribution in [3.8, 4) is 0 Å². The van der Waals surface area contributed by atoms with E-state index in [9.17, 15) is 14.7 Å². The highest BCUT2D eigenvalue weighted by molar-refractivity contribution is 5.82. The molecule has 1 spiro atoms. The number of hydrogen-bond donors (Lipinski definition) is 1. The van der Waals surface area contributed by atoms with Gasteiger partial charge in [0.05, 0.1) is 42.9 Å². The fourth-order valence-corrected chi connectivity index (χ4v) is 9.69. The zero-order valence-corrected chi connectivity index (χ0v) is 22.9. The van der Waals surface area contributed by atoms with Gasteiger partial charge in [0.2, 0.25) is 0 Å². The summed E-state index contributed by atoms with van der Waals surface area (Å²) < 4.78 is 30.0. The van der Waals surface area contributed by atoms with Crippen molar-refractivity contribution in [1.82, 2.24) is 0 Å². The lowest BCUT2D eigenvalue weighted by atomic mass is 9.37. The molecule has 6 rings (SSSR count). The summed E-state index contributed by atoms with van der Waals surface area (Å²) in [4.78, 5) is 26.1. The van der Waals surface area contributed by atoms with E-state index in [1.165, 1.54) is 0 Å². The Morgan fingerprint density at radius 1 is 1.14 bits per heavy atom. The smallest absolute Gasteiger partial charge is 0.339 e. The Bertz CT molecular complexity index is 1110. The van der Waals surface area contributed by atoms with Gasteiger partial charge in [0.15, 0.2) is 6.10 Å². The zero-order chi connectivity index (χ0) is 26.8. The van der Waals surface area contributed by atoms with Gasteiger partial charge in [-0.05, 0) is 64.9 Å². The summed E-state index contributed by atoms with van der Waals surface area (Å²) in [5.41, 5.74) is -2.32. The first kappa shape index (κ1) is 25.4. The van der Waals surface area contributed by atoms with E-state index in [0.29, 0.717) is 6.42 Å². The van der Waals surface area contributed by atoms with Gasteiger partial charge in [-0.3, -0.25) is 4.79 Å². The molecule has 1 N–H and O–H groups in total. The monoisotopic (exact) mass is 516 g/mol. The summed E-state index contributed by atoms with van der Waals surface area (Å²) >= 11 is 0. The highest BCUT2D eigenvalue weighted by Gasteiger charge is 2.88. The van der Waals surface area contributed by atoms with Crippen molar-refractivity contribution < 1.29 is 38.1 Å². The maximum atomic E-state index is 13.2. The Morgan fingerprint density at radius 3 is 2.51 bits per heavy atom. The minimum absolute atomic E-state index is 0.0306. The van der Waals surface area contributed by atoms with Crippen LogP contribution in [-0.4, -0.2) is 52.7 Å². The Kier molecular flexibility index (Phi) is 5.22. The lowest BCUT2D eigenvalue weighted by Crippen LogP contribution is -2.72. The molecule has 5 aliphatic rings. The average Bonchev–Trinajstić information content (AvgIpc) is 3.30. The molecule has 0 amide bonds. The van der Waals surface area contributed by atoms with Gasteiger partial charge in [0.1, 0.15) is 11.7 Å². The number of carbonyl (C=O) groups is 2. The van der Waals surface area contributed by atoms with Crippen LogP contribution in [0.25, 0.3) is 0 Å². The van der Waals surface area contributed by atoms with Crippen molar-refractivity contribution in [3.05, 3.63) is 24.2 Å². The SMILES string of the molecule is CC(C)OC(=O)C[C@H]1OC(C)(C)[C@@H]2C[C@H](O)[C@]3(C)[C@H](CC[C@@]4(C)[C@H](c5ccoc5)OC(=O)[C@H]5O[C@@]534)[C@@]12C. The third kappa shape index (κ3) is 2.95. The normalized spacial score (nSPS) is 49.4. The maximum Gasteiger partial charge on any atom is 0.339 e. The molecule has 8 nitrogen and oxygen atoms in total. The molecule has 3 saturated heterocycles. The van der Waals surface area contributed by atoms with Crippen molar-refractivity contribution in [2.45, 2.75) is 116 Å². The van der Waals surface area contributed by atoms with Gasteiger partial charge < -0.3 is 28.5 Å². The number of fused-ring (bicyclic) bond motifs is 3. The molecule has 204 valence electrons. The number of aliphatic hydroxyl groups is 1. The second kappa shape index (κ2) is 7.60. The van der Waals surface area contributed by atoms with Gasteiger partial charge >= 0.3 is 11.9 Å². The Morgan fingerprint density at radius 2 is 1.86 bits per heavy atom. The van der Waals surface area contributed by atoms with Crippen LogP contribution in [0.15, 0.2) is 23.0 Å². The number of esters is 2. The highest BCUT2D eigenvalue weighted by atomic mass is 16.7. The molecular weight excluding hydrogens is 476 g/mol. The van der Waals surface area contributed by atoms with Crippen LogP contribution in [0.5, 0.6) is 0 Å². The number of carbonyl (C=O) groups excluding carboxylic acids is 2. The van der Waals surface area contributed by atoms with E-state index in [-0.39, 0.29) is 42.4 Å². The molecule has 8 heteroatoms. The van der Waals surface area contributed by atoms with Gasteiger partial charge in [-0.25, -0.2) is 4.79 Å². The van der Waals surface area contributed by atoms with E-state index < -0.39 is 45.8 Å². The van der Waals surface area contributed by atoms with Crippen LogP contribution in [-0.2, 0) is 28.5 Å². The zero-order valence-electron chi connectivity index (χ0n) is 22.9. The van der Waals surface area contributed by atoms with Crippen LogP contribution in [0.3, 0.4) is 0 Å².